The predicted octanol–water partition coefficient (Wildman–Crippen LogP) is 4.48. The van der Waals surface area contributed by atoms with Gasteiger partial charge in [0.15, 0.2) is 5.82 Å². The van der Waals surface area contributed by atoms with Crippen molar-refractivity contribution in [2.24, 2.45) is 0 Å². The standard InChI is InChI=1S/C26H23N5O3/c1-18-9-10-20(17-24(18)31(33)34)26(32)30-15-13-29(14-16-30)25-12-11-23(27-28-25)22-8-4-6-19-5-2-3-7-21(19)22/h2-12,17H,13-16H2,1H3. The van der Waals surface area contributed by atoms with Gasteiger partial charge in [-0.1, -0.05) is 48.5 Å². The Bertz CT molecular complexity index is 1370. The lowest BCUT2D eigenvalue weighted by molar-refractivity contribution is -0.385. The van der Waals surface area contributed by atoms with E-state index < -0.39 is 4.92 Å². The highest BCUT2D eigenvalue weighted by Gasteiger charge is 2.25. The normalized spacial score (nSPS) is 13.8. The Hall–Kier alpha value is -4.33. The van der Waals surface area contributed by atoms with E-state index in [1.54, 1.807) is 24.0 Å². The minimum absolute atomic E-state index is 0.0361. The second-order valence-electron chi connectivity index (χ2n) is 8.34. The fourth-order valence-electron chi connectivity index (χ4n) is 4.35. The molecule has 4 aromatic rings. The summed E-state index contributed by atoms with van der Waals surface area (Å²) < 4.78 is 0. The van der Waals surface area contributed by atoms with Gasteiger partial charge in [0.1, 0.15) is 0 Å². The van der Waals surface area contributed by atoms with Crippen molar-refractivity contribution in [3.8, 4) is 11.3 Å². The van der Waals surface area contributed by atoms with Crippen LogP contribution in [0.4, 0.5) is 11.5 Å². The zero-order valence-corrected chi connectivity index (χ0v) is 18.7. The summed E-state index contributed by atoms with van der Waals surface area (Å²) in [5.41, 5.74) is 2.70. The molecule has 170 valence electrons. The molecular formula is C26H23N5O3. The summed E-state index contributed by atoms with van der Waals surface area (Å²) in [7, 11) is 0. The maximum Gasteiger partial charge on any atom is 0.273 e. The number of carbonyl (C=O) groups excluding carboxylic acids is 1. The second kappa shape index (κ2) is 8.90. The molecule has 0 spiro atoms. The fraction of sp³-hybridized carbons (Fsp3) is 0.192. The zero-order chi connectivity index (χ0) is 23.7. The van der Waals surface area contributed by atoms with E-state index in [-0.39, 0.29) is 11.6 Å². The molecule has 1 aliphatic rings. The van der Waals surface area contributed by atoms with Crippen LogP contribution in [-0.2, 0) is 0 Å². The molecule has 0 radical (unpaired) electrons. The van der Waals surface area contributed by atoms with Gasteiger partial charge in [-0.05, 0) is 35.9 Å². The van der Waals surface area contributed by atoms with Crippen LogP contribution in [0, 0.1) is 17.0 Å². The van der Waals surface area contributed by atoms with Crippen LogP contribution in [0.1, 0.15) is 15.9 Å². The Balaban J connectivity index is 1.27. The van der Waals surface area contributed by atoms with E-state index in [0.717, 1.165) is 27.8 Å². The number of anilines is 1. The average Bonchev–Trinajstić information content (AvgIpc) is 2.88. The molecule has 1 aromatic heterocycles. The van der Waals surface area contributed by atoms with Crippen LogP contribution in [0.3, 0.4) is 0 Å². The van der Waals surface area contributed by atoms with Crippen molar-refractivity contribution in [1.29, 1.82) is 0 Å². The number of aromatic nitrogens is 2. The SMILES string of the molecule is Cc1ccc(C(=O)N2CCN(c3ccc(-c4cccc5ccccc45)nn3)CC2)cc1[N+](=O)[O-]. The quantitative estimate of drug-likeness (QED) is 0.334. The highest BCUT2D eigenvalue weighted by molar-refractivity contribution is 5.96. The van der Waals surface area contributed by atoms with Gasteiger partial charge in [-0.2, -0.15) is 0 Å². The van der Waals surface area contributed by atoms with Crippen molar-refractivity contribution in [2.45, 2.75) is 6.92 Å². The number of piperazine rings is 1. The first-order valence-corrected chi connectivity index (χ1v) is 11.1. The Morgan fingerprint density at radius 2 is 1.68 bits per heavy atom. The van der Waals surface area contributed by atoms with E-state index in [2.05, 4.69) is 33.3 Å². The second-order valence-corrected chi connectivity index (χ2v) is 8.34. The van der Waals surface area contributed by atoms with Crippen molar-refractivity contribution in [3.63, 3.8) is 0 Å². The molecule has 8 nitrogen and oxygen atoms in total. The van der Waals surface area contributed by atoms with E-state index in [1.165, 1.54) is 6.07 Å². The molecule has 0 bridgehead atoms. The van der Waals surface area contributed by atoms with Crippen molar-refractivity contribution in [3.05, 3.63) is 94.0 Å². The van der Waals surface area contributed by atoms with Gasteiger partial charge in [0.2, 0.25) is 0 Å². The maximum atomic E-state index is 12.9. The van der Waals surface area contributed by atoms with Crippen LogP contribution < -0.4 is 4.90 Å². The minimum atomic E-state index is -0.454. The van der Waals surface area contributed by atoms with Crippen LogP contribution in [-0.4, -0.2) is 52.1 Å². The third-order valence-corrected chi connectivity index (χ3v) is 6.26. The summed E-state index contributed by atoms with van der Waals surface area (Å²) in [6.45, 7) is 3.91. The number of nitrogens with zero attached hydrogens (tertiary/aromatic N) is 5. The van der Waals surface area contributed by atoms with Crippen molar-refractivity contribution < 1.29 is 9.72 Å². The summed E-state index contributed by atoms with van der Waals surface area (Å²) in [5.74, 6) is 0.571. The van der Waals surface area contributed by atoms with Crippen LogP contribution in [0.2, 0.25) is 0 Å². The topological polar surface area (TPSA) is 92.5 Å². The molecule has 5 rings (SSSR count). The summed E-state index contributed by atoms with van der Waals surface area (Å²) in [6.07, 6.45) is 0. The first kappa shape index (κ1) is 21.5. The molecule has 1 aliphatic heterocycles. The Labute approximate surface area is 196 Å². The molecule has 0 unspecified atom stereocenters. The molecule has 1 fully saturated rings. The summed E-state index contributed by atoms with van der Waals surface area (Å²) in [5, 5.41) is 22.4. The van der Waals surface area contributed by atoms with Crippen molar-refractivity contribution >= 4 is 28.2 Å². The Morgan fingerprint density at radius 3 is 2.41 bits per heavy atom. The van der Waals surface area contributed by atoms with E-state index in [1.807, 2.05) is 36.4 Å². The summed E-state index contributed by atoms with van der Waals surface area (Å²) in [4.78, 5) is 27.5. The van der Waals surface area contributed by atoms with Crippen LogP contribution in [0.5, 0.6) is 0 Å². The number of aryl methyl sites for hydroxylation is 1. The molecule has 3 aromatic carbocycles. The molecule has 1 saturated heterocycles. The van der Waals surface area contributed by atoms with E-state index in [9.17, 15) is 14.9 Å². The molecule has 0 saturated carbocycles. The largest absolute Gasteiger partial charge is 0.352 e. The zero-order valence-electron chi connectivity index (χ0n) is 18.7. The fourth-order valence-corrected chi connectivity index (χ4v) is 4.35. The lowest BCUT2D eigenvalue weighted by atomic mass is 10.0. The van der Waals surface area contributed by atoms with Gasteiger partial charge >= 0.3 is 0 Å². The molecule has 0 aliphatic carbocycles. The summed E-state index contributed by atoms with van der Waals surface area (Å²) in [6, 6.07) is 22.9. The van der Waals surface area contributed by atoms with Crippen LogP contribution in [0.15, 0.2) is 72.8 Å². The van der Waals surface area contributed by atoms with Crippen molar-refractivity contribution in [2.75, 3.05) is 31.1 Å². The molecule has 34 heavy (non-hydrogen) atoms. The first-order chi connectivity index (χ1) is 16.5. The number of amides is 1. The molecule has 8 heteroatoms. The van der Waals surface area contributed by atoms with Crippen LogP contribution in [0.25, 0.3) is 22.0 Å². The lowest BCUT2D eigenvalue weighted by Gasteiger charge is -2.35. The highest BCUT2D eigenvalue weighted by Crippen LogP contribution is 2.28. The van der Waals surface area contributed by atoms with Gasteiger partial charge in [-0.3, -0.25) is 14.9 Å². The number of fused-ring (bicyclic) bond motifs is 1. The molecule has 0 N–H and O–H groups in total. The van der Waals surface area contributed by atoms with E-state index >= 15 is 0 Å². The molecular weight excluding hydrogens is 430 g/mol. The van der Waals surface area contributed by atoms with Gasteiger partial charge < -0.3 is 9.80 Å². The summed E-state index contributed by atoms with van der Waals surface area (Å²) >= 11 is 0. The van der Waals surface area contributed by atoms with Gasteiger partial charge in [-0.15, -0.1) is 10.2 Å². The van der Waals surface area contributed by atoms with Crippen LogP contribution >= 0.6 is 0 Å². The molecule has 2 heterocycles. The Morgan fingerprint density at radius 1 is 0.912 bits per heavy atom. The van der Waals surface area contributed by atoms with Gasteiger partial charge in [0, 0.05) is 48.9 Å². The van der Waals surface area contributed by atoms with E-state index in [4.69, 9.17) is 0 Å². The first-order valence-electron chi connectivity index (χ1n) is 11.1. The number of benzene rings is 3. The van der Waals surface area contributed by atoms with Gasteiger partial charge in [0.05, 0.1) is 10.6 Å². The molecule has 0 atom stereocenters. The predicted molar refractivity (Wildman–Crippen MR) is 131 cm³/mol. The average molecular weight is 454 g/mol. The maximum absolute atomic E-state index is 12.9. The third kappa shape index (κ3) is 4.05. The van der Waals surface area contributed by atoms with Gasteiger partial charge in [-0.25, -0.2) is 0 Å². The number of rotatable bonds is 4. The van der Waals surface area contributed by atoms with Crippen molar-refractivity contribution in [1.82, 2.24) is 15.1 Å². The number of hydrogen-bond acceptors (Lipinski definition) is 6. The van der Waals surface area contributed by atoms with Gasteiger partial charge in [0.25, 0.3) is 11.6 Å². The number of hydrogen-bond donors (Lipinski definition) is 0. The number of nitro benzene ring substituents is 1. The highest BCUT2D eigenvalue weighted by atomic mass is 16.6. The molecule has 1 amide bonds. The minimum Gasteiger partial charge on any atom is -0.352 e. The van der Waals surface area contributed by atoms with E-state index in [0.29, 0.717) is 37.3 Å². The number of nitro groups is 1. The lowest BCUT2D eigenvalue weighted by Crippen LogP contribution is -2.49. The Kier molecular flexibility index (Phi) is 5.63. The smallest absolute Gasteiger partial charge is 0.273 e. The third-order valence-electron chi connectivity index (χ3n) is 6.26. The number of carbonyl (C=O) groups is 1. The monoisotopic (exact) mass is 453 g/mol.